The van der Waals surface area contributed by atoms with E-state index in [0.717, 1.165) is 11.4 Å². The predicted octanol–water partition coefficient (Wildman–Crippen LogP) is 2.09. The molecule has 2 aromatic heterocycles. The average Bonchev–Trinajstić information content (AvgIpc) is 3.02. The standard InChI is InChI=1S/C17H24N6O/c1-11-8-12(2)23(21-11)15-7-6-14(19-20-15)18-13-9-16(24)22(10-13)17(3,4)5/h6-8,13H,9-10H2,1-5H3,(H,18,19). The Hall–Kier alpha value is -2.44. The molecule has 7 heteroatoms. The number of carbonyl (C=O) groups is 1. The SMILES string of the molecule is Cc1cc(C)n(-c2ccc(NC3CC(=O)N(C(C)(C)C)C3)nn2)n1. The molecule has 1 aliphatic heterocycles. The highest BCUT2D eigenvalue weighted by atomic mass is 16.2. The van der Waals surface area contributed by atoms with E-state index in [2.05, 4.69) is 41.4 Å². The van der Waals surface area contributed by atoms with Crippen LogP contribution in [0.2, 0.25) is 0 Å². The van der Waals surface area contributed by atoms with Gasteiger partial charge in [0.1, 0.15) is 5.82 Å². The summed E-state index contributed by atoms with van der Waals surface area (Å²) in [6, 6.07) is 5.82. The first-order valence-corrected chi connectivity index (χ1v) is 8.18. The fraction of sp³-hybridized carbons (Fsp3) is 0.529. The molecule has 0 bridgehead atoms. The van der Waals surface area contributed by atoms with Crippen LogP contribution in [0.15, 0.2) is 18.2 Å². The molecular formula is C17H24N6O. The minimum Gasteiger partial charge on any atom is -0.364 e. The number of hydrogen-bond donors (Lipinski definition) is 1. The van der Waals surface area contributed by atoms with Crippen molar-refractivity contribution < 1.29 is 4.79 Å². The normalized spacial score (nSPS) is 18.3. The molecule has 1 amide bonds. The molecule has 1 saturated heterocycles. The molecule has 0 saturated carbocycles. The van der Waals surface area contributed by atoms with Gasteiger partial charge in [0.05, 0.1) is 11.7 Å². The van der Waals surface area contributed by atoms with Crippen molar-refractivity contribution >= 4 is 11.7 Å². The average molecular weight is 328 g/mol. The van der Waals surface area contributed by atoms with Gasteiger partial charge in [-0.3, -0.25) is 4.79 Å². The number of anilines is 1. The summed E-state index contributed by atoms with van der Waals surface area (Å²) in [5.74, 6) is 1.53. The second-order valence-electron chi connectivity index (χ2n) is 7.34. The van der Waals surface area contributed by atoms with Crippen LogP contribution in [0.25, 0.3) is 5.82 Å². The van der Waals surface area contributed by atoms with Crippen LogP contribution in [0.5, 0.6) is 0 Å². The van der Waals surface area contributed by atoms with E-state index in [9.17, 15) is 4.79 Å². The molecule has 1 unspecified atom stereocenters. The van der Waals surface area contributed by atoms with Gasteiger partial charge in [-0.1, -0.05) is 0 Å². The van der Waals surface area contributed by atoms with E-state index in [0.29, 0.717) is 24.6 Å². The van der Waals surface area contributed by atoms with E-state index in [1.807, 2.05) is 36.9 Å². The number of carbonyl (C=O) groups excluding carboxylic acids is 1. The molecule has 1 fully saturated rings. The number of aromatic nitrogens is 4. The quantitative estimate of drug-likeness (QED) is 0.934. The molecule has 128 valence electrons. The third kappa shape index (κ3) is 3.25. The van der Waals surface area contributed by atoms with Crippen molar-refractivity contribution in [3.8, 4) is 5.82 Å². The maximum atomic E-state index is 12.1. The number of amides is 1. The summed E-state index contributed by atoms with van der Waals surface area (Å²) < 4.78 is 1.77. The van der Waals surface area contributed by atoms with E-state index in [1.54, 1.807) is 4.68 Å². The van der Waals surface area contributed by atoms with Crippen molar-refractivity contribution in [3.63, 3.8) is 0 Å². The molecule has 2 aromatic rings. The van der Waals surface area contributed by atoms with Gasteiger partial charge in [-0.05, 0) is 52.8 Å². The third-order valence-electron chi connectivity index (χ3n) is 4.16. The molecule has 0 radical (unpaired) electrons. The molecule has 0 aromatic carbocycles. The molecule has 1 aliphatic rings. The second-order valence-corrected chi connectivity index (χ2v) is 7.34. The molecular weight excluding hydrogens is 304 g/mol. The Morgan fingerprint density at radius 1 is 1.21 bits per heavy atom. The summed E-state index contributed by atoms with van der Waals surface area (Å²) >= 11 is 0. The summed E-state index contributed by atoms with van der Waals surface area (Å²) in [5.41, 5.74) is 1.81. The van der Waals surface area contributed by atoms with Gasteiger partial charge in [0.15, 0.2) is 5.82 Å². The molecule has 1 atom stereocenters. The third-order valence-corrected chi connectivity index (χ3v) is 4.16. The highest BCUT2D eigenvalue weighted by Gasteiger charge is 2.36. The van der Waals surface area contributed by atoms with Crippen LogP contribution in [0.1, 0.15) is 38.6 Å². The van der Waals surface area contributed by atoms with Gasteiger partial charge in [0.2, 0.25) is 5.91 Å². The van der Waals surface area contributed by atoms with Crippen LogP contribution >= 0.6 is 0 Å². The van der Waals surface area contributed by atoms with Crippen LogP contribution in [-0.2, 0) is 4.79 Å². The topological polar surface area (TPSA) is 75.9 Å². The fourth-order valence-electron chi connectivity index (χ4n) is 3.04. The minimum atomic E-state index is -0.154. The summed E-state index contributed by atoms with van der Waals surface area (Å²) in [6.07, 6.45) is 0.484. The number of likely N-dealkylation sites (tertiary alicyclic amines) is 1. The van der Waals surface area contributed by atoms with Gasteiger partial charge in [-0.2, -0.15) is 5.10 Å². The lowest BCUT2D eigenvalue weighted by Crippen LogP contribution is -2.43. The van der Waals surface area contributed by atoms with Crippen molar-refractivity contribution in [2.24, 2.45) is 0 Å². The smallest absolute Gasteiger partial charge is 0.225 e. The van der Waals surface area contributed by atoms with Gasteiger partial charge in [-0.25, -0.2) is 4.68 Å². The largest absolute Gasteiger partial charge is 0.364 e. The summed E-state index contributed by atoms with van der Waals surface area (Å²) in [4.78, 5) is 14.0. The Kier molecular flexibility index (Phi) is 4.03. The van der Waals surface area contributed by atoms with Gasteiger partial charge in [-0.15, -0.1) is 10.2 Å². The van der Waals surface area contributed by atoms with Crippen molar-refractivity contribution in [2.45, 2.75) is 52.6 Å². The number of nitrogens with zero attached hydrogens (tertiary/aromatic N) is 5. The number of nitrogens with one attached hydrogen (secondary N) is 1. The van der Waals surface area contributed by atoms with Gasteiger partial charge in [0.25, 0.3) is 0 Å². The lowest BCUT2D eigenvalue weighted by atomic mass is 10.1. The second kappa shape index (κ2) is 5.89. The zero-order valence-corrected chi connectivity index (χ0v) is 14.9. The van der Waals surface area contributed by atoms with E-state index < -0.39 is 0 Å². The summed E-state index contributed by atoms with van der Waals surface area (Å²) in [6.45, 7) is 10.8. The highest BCUT2D eigenvalue weighted by Crippen LogP contribution is 2.23. The molecule has 0 aliphatic carbocycles. The molecule has 24 heavy (non-hydrogen) atoms. The zero-order valence-electron chi connectivity index (χ0n) is 14.9. The van der Waals surface area contributed by atoms with Crippen LogP contribution in [0, 0.1) is 13.8 Å². The van der Waals surface area contributed by atoms with Gasteiger partial charge < -0.3 is 10.2 Å². The molecule has 0 spiro atoms. The van der Waals surface area contributed by atoms with Gasteiger partial charge in [0, 0.05) is 24.2 Å². The van der Waals surface area contributed by atoms with E-state index in [1.165, 1.54) is 0 Å². The summed E-state index contributed by atoms with van der Waals surface area (Å²) in [5, 5.41) is 16.2. The summed E-state index contributed by atoms with van der Waals surface area (Å²) in [7, 11) is 0. The number of hydrogen-bond acceptors (Lipinski definition) is 5. The Bertz CT molecular complexity index is 743. The van der Waals surface area contributed by atoms with E-state index in [4.69, 9.17) is 0 Å². The van der Waals surface area contributed by atoms with Crippen molar-refractivity contribution in [1.29, 1.82) is 0 Å². The molecule has 3 rings (SSSR count). The number of rotatable bonds is 3. The van der Waals surface area contributed by atoms with Crippen molar-refractivity contribution in [2.75, 3.05) is 11.9 Å². The lowest BCUT2D eigenvalue weighted by Gasteiger charge is -2.32. The Balaban J connectivity index is 1.69. The fourth-order valence-corrected chi connectivity index (χ4v) is 3.04. The van der Waals surface area contributed by atoms with E-state index in [-0.39, 0.29) is 17.5 Å². The minimum absolute atomic E-state index is 0.0607. The first-order valence-electron chi connectivity index (χ1n) is 8.18. The Labute approximate surface area is 142 Å². The maximum Gasteiger partial charge on any atom is 0.225 e. The molecule has 1 N–H and O–H groups in total. The van der Waals surface area contributed by atoms with Crippen LogP contribution in [-0.4, -0.2) is 48.9 Å². The first kappa shape index (κ1) is 16.4. The van der Waals surface area contributed by atoms with Crippen molar-refractivity contribution in [1.82, 2.24) is 24.9 Å². The maximum absolute atomic E-state index is 12.1. The first-order chi connectivity index (χ1) is 11.2. The zero-order chi connectivity index (χ0) is 17.5. The number of aryl methyl sites for hydroxylation is 2. The predicted molar refractivity (Wildman–Crippen MR) is 92.1 cm³/mol. The Morgan fingerprint density at radius 2 is 1.96 bits per heavy atom. The van der Waals surface area contributed by atoms with Gasteiger partial charge >= 0.3 is 0 Å². The van der Waals surface area contributed by atoms with Crippen LogP contribution in [0.4, 0.5) is 5.82 Å². The lowest BCUT2D eigenvalue weighted by molar-refractivity contribution is -0.131. The molecule has 7 nitrogen and oxygen atoms in total. The Morgan fingerprint density at radius 3 is 2.46 bits per heavy atom. The highest BCUT2D eigenvalue weighted by molar-refractivity contribution is 5.80. The monoisotopic (exact) mass is 328 g/mol. The van der Waals surface area contributed by atoms with Crippen molar-refractivity contribution in [3.05, 3.63) is 29.6 Å². The van der Waals surface area contributed by atoms with Crippen LogP contribution in [0.3, 0.4) is 0 Å². The van der Waals surface area contributed by atoms with E-state index >= 15 is 0 Å². The molecule has 3 heterocycles. The van der Waals surface area contributed by atoms with Crippen LogP contribution < -0.4 is 5.32 Å².